The van der Waals surface area contributed by atoms with Crippen LogP contribution in [0.15, 0.2) is 314 Å². The normalized spacial score (nSPS) is 22.9. The summed E-state index contributed by atoms with van der Waals surface area (Å²) in [5, 5.41) is 11.8. The molecule has 10 aliphatic rings. The van der Waals surface area contributed by atoms with Gasteiger partial charge in [-0.25, -0.2) is 15.0 Å². The van der Waals surface area contributed by atoms with Crippen molar-refractivity contribution in [3.63, 3.8) is 0 Å². The summed E-state index contributed by atoms with van der Waals surface area (Å²) in [6, 6.07) is 109. The van der Waals surface area contributed by atoms with Gasteiger partial charge in [-0.05, 0) is 244 Å². The third kappa shape index (κ3) is 9.28. The molecule has 0 saturated heterocycles. The van der Waals surface area contributed by atoms with Gasteiger partial charge < -0.3 is 8.98 Å². The van der Waals surface area contributed by atoms with Gasteiger partial charge in [-0.15, -0.1) is 0 Å². The Morgan fingerprint density at radius 2 is 0.678 bits per heavy atom. The van der Waals surface area contributed by atoms with Crippen molar-refractivity contribution >= 4 is 87.1 Å². The molecule has 548 valence electrons. The minimum atomic E-state index is 0.163. The zero-order chi connectivity index (χ0) is 74.9. The quantitative estimate of drug-likeness (QED) is 0.158. The lowest BCUT2D eigenvalue weighted by atomic mass is 9.43. The number of para-hydroxylation sites is 1. The van der Waals surface area contributed by atoms with Crippen molar-refractivity contribution in [3.05, 3.63) is 332 Å². The van der Waals surface area contributed by atoms with Gasteiger partial charge in [-0.1, -0.05) is 243 Å². The van der Waals surface area contributed by atoms with E-state index in [9.17, 15) is 0 Å². The maximum absolute atomic E-state index is 6.36. The van der Waals surface area contributed by atoms with Gasteiger partial charge in [0.1, 0.15) is 11.2 Å². The molecule has 29 rings (SSSR count). The molecule has 8 heteroatoms. The van der Waals surface area contributed by atoms with Crippen LogP contribution < -0.4 is 0 Å². The second-order valence-electron chi connectivity index (χ2n) is 35.0. The summed E-state index contributed by atoms with van der Waals surface area (Å²) < 4.78 is 11.0. The Labute approximate surface area is 665 Å². The average molecular weight is 1480 g/mol. The topological polar surface area (TPSA) is 87.5 Å². The molecule has 0 N–H and O–H groups in total. The second kappa shape index (κ2) is 24.3. The summed E-state index contributed by atoms with van der Waals surface area (Å²) >= 11 is 0. The van der Waals surface area contributed by atoms with Crippen LogP contribution in [-0.2, 0) is 10.8 Å². The fourth-order valence-electron chi connectivity index (χ4n) is 25.4. The van der Waals surface area contributed by atoms with E-state index < -0.39 is 0 Å². The Morgan fingerprint density at radius 1 is 0.270 bits per heavy atom. The van der Waals surface area contributed by atoms with Crippen LogP contribution in [0.3, 0.4) is 0 Å². The Kier molecular flexibility index (Phi) is 13.7. The predicted octanol–water partition coefficient (Wildman–Crippen LogP) is 26.5. The fraction of sp³-hybridized carbons (Fsp3) is 0.187. The third-order valence-corrected chi connectivity index (χ3v) is 29.5. The van der Waals surface area contributed by atoms with Crippen molar-refractivity contribution < 1.29 is 4.42 Å². The molecule has 0 amide bonds. The summed E-state index contributed by atoms with van der Waals surface area (Å²) in [6.45, 7) is 0. The van der Waals surface area contributed by atoms with Crippen LogP contribution in [0, 0.1) is 47.3 Å². The average Bonchev–Trinajstić information content (AvgIpc) is 1.55. The molecule has 0 aliphatic heterocycles. The van der Waals surface area contributed by atoms with E-state index in [0.29, 0.717) is 17.6 Å². The highest BCUT2D eigenvalue weighted by molar-refractivity contribution is 6.21. The zero-order valence-electron chi connectivity index (χ0n) is 63.7. The molecule has 5 aromatic heterocycles. The van der Waals surface area contributed by atoms with E-state index in [1.165, 1.54) is 157 Å². The van der Waals surface area contributed by atoms with Gasteiger partial charge in [0, 0.05) is 70.6 Å². The predicted molar refractivity (Wildman–Crippen MR) is 467 cm³/mol. The van der Waals surface area contributed by atoms with E-state index in [2.05, 4.69) is 258 Å². The highest BCUT2D eigenvalue weighted by Gasteiger charge is 2.63. The number of aromatic nitrogens is 7. The standard InChI is InChI=1S/C59H42N4O.C48H37N3/c1-2-11-37(12-3-1)56-60-57(40-19-22-46-45-15-7-9-17-53(45)64-54(46)33-40)62-58(61-56)63-52-25-21-39(32-49(52)47-23-18-36-10-4-5-13-43(36)55(47)63)38-20-24-51-48(31-38)44-14-6-8-16-50(44)59(51)41-27-34-26-35(29-41)30-42(59)28-34;1-2-9-32(10-3-1)47-49-27-37(28-50-47)51-45-19-16-34(26-42(45)40-17-14-31-8-4-5-11-38(31)46(40)51)33-15-18-44-41(25-33)39-12-6-7-13-43(39)48(44)35-21-29-20-30(23-35)24-36(48)22-29/h1-25,31-35,41-42H,26-30H2;1-19,25-30,35-36H,20-24H2. The number of nitrogens with zero attached hydrogens (tertiary/aromatic N) is 7. The number of benzene rings is 14. The Balaban J connectivity index is 0.000000130. The van der Waals surface area contributed by atoms with Crippen molar-refractivity contribution in [2.45, 2.75) is 75.0 Å². The van der Waals surface area contributed by atoms with Crippen LogP contribution in [0.4, 0.5) is 0 Å². The van der Waals surface area contributed by atoms with E-state index in [0.717, 1.165) is 114 Å². The highest BCUT2D eigenvalue weighted by Crippen LogP contribution is 2.71. The summed E-state index contributed by atoms with van der Waals surface area (Å²) in [5.74, 6) is 9.35. The van der Waals surface area contributed by atoms with Crippen LogP contribution in [-0.4, -0.2) is 34.1 Å². The third-order valence-electron chi connectivity index (χ3n) is 29.5. The maximum Gasteiger partial charge on any atom is 0.238 e. The summed E-state index contributed by atoms with van der Waals surface area (Å²) in [4.78, 5) is 25.5. The van der Waals surface area contributed by atoms with Crippen molar-refractivity contribution in [1.82, 2.24) is 34.1 Å². The molecule has 2 spiro atoms. The molecule has 0 atom stereocenters. The highest BCUT2D eigenvalue weighted by atomic mass is 16.3. The van der Waals surface area contributed by atoms with Gasteiger partial charge in [0.2, 0.25) is 5.95 Å². The monoisotopic (exact) mass is 1480 g/mol. The van der Waals surface area contributed by atoms with Crippen LogP contribution >= 0.6 is 0 Å². The van der Waals surface area contributed by atoms with Gasteiger partial charge in [0.05, 0.1) is 40.1 Å². The first kappa shape index (κ1) is 64.6. The molecule has 10 aliphatic carbocycles. The SMILES string of the molecule is c1ccc(-c2nc(-c3ccc4c(c3)oc3ccccc34)nc(-n3c4ccc(-c5ccc6c(c5)-c5ccccc5C65C6CC7CC(C6)CC5C7)cc4c4ccc5ccccc5c43)n2)cc1.c1ccc(-c2ncc(-n3c4ccc(-c5ccc6c(c5)-c5ccccc5C65C6CC7CC(C6)CC5C7)cc4c4ccc5ccccc5c43)cn2)cc1. The van der Waals surface area contributed by atoms with Crippen molar-refractivity contribution in [2.75, 3.05) is 0 Å². The summed E-state index contributed by atoms with van der Waals surface area (Å²) in [5.41, 5.74) is 27.6. The first-order valence-corrected chi connectivity index (χ1v) is 41.9. The second-order valence-corrected chi connectivity index (χ2v) is 35.0. The molecule has 8 fully saturated rings. The van der Waals surface area contributed by atoms with E-state index in [1.807, 2.05) is 60.9 Å². The van der Waals surface area contributed by atoms with Crippen LogP contribution in [0.2, 0.25) is 0 Å². The number of fused-ring (bicyclic) bond motifs is 19. The van der Waals surface area contributed by atoms with E-state index in [-0.39, 0.29) is 10.8 Å². The lowest BCUT2D eigenvalue weighted by Gasteiger charge is -2.61. The van der Waals surface area contributed by atoms with Crippen molar-refractivity contribution in [1.29, 1.82) is 0 Å². The molecule has 115 heavy (non-hydrogen) atoms. The number of rotatable bonds is 7. The molecule has 5 heterocycles. The molecule has 8 saturated carbocycles. The first-order chi connectivity index (χ1) is 56.9. The number of furan rings is 1. The molecule has 0 radical (unpaired) electrons. The molecule has 14 aromatic carbocycles. The lowest BCUT2D eigenvalue weighted by molar-refractivity contribution is -0.0399. The number of hydrogen-bond acceptors (Lipinski definition) is 6. The van der Waals surface area contributed by atoms with Crippen molar-refractivity contribution in [2.24, 2.45) is 47.3 Å². The van der Waals surface area contributed by atoms with E-state index in [1.54, 1.807) is 22.3 Å². The molecule has 8 bridgehead atoms. The molecular weight excluding hydrogens is 1400 g/mol. The van der Waals surface area contributed by atoms with Gasteiger partial charge in [0.15, 0.2) is 17.5 Å². The number of hydrogen-bond donors (Lipinski definition) is 0. The fourth-order valence-corrected chi connectivity index (χ4v) is 25.4. The van der Waals surface area contributed by atoms with Crippen LogP contribution in [0.5, 0.6) is 0 Å². The lowest BCUT2D eigenvalue weighted by Crippen LogP contribution is -2.55. The van der Waals surface area contributed by atoms with Crippen molar-refractivity contribution in [3.8, 4) is 90.3 Å². The van der Waals surface area contributed by atoms with Crippen LogP contribution in [0.1, 0.15) is 86.5 Å². The largest absolute Gasteiger partial charge is 0.456 e. The molecule has 19 aromatic rings. The van der Waals surface area contributed by atoms with Gasteiger partial charge in [0.25, 0.3) is 0 Å². The van der Waals surface area contributed by atoms with Gasteiger partial charge in [-0.3, -0.25) is 4.57 Å². The van der Waals surface area contributed by atoms with E-state index in [4.69, 9.17) is 29.3 Å². The minimum absolute atomic E-state index is 0.163. The van der Waals surface area contributed by atoms with Crippen LogP contribution in [0.25, 0.3) is 177 Å². The first-order valence-electron chi connectivity index (χ1n) is 41.9. The molecular formula is C107H79N7O. The Bertz CT molecular complexity index is 7270. The van der Waals surface area contributed by atoms with Gasteiger partial charge >= 0.3 is 0 Å². The van der Waals surface area contributed by atoms with E-state index >= 15 is 0 Å². The Morgan fingerprint density at radius 3 is 1.23 bits per heavy atom. The smallest absolute Gasteiger partial charge is 0.238 e. The maximum atomic E-state index is 6.36. The molecule has 8 nitrogen and oxygen atoms in total. The Hall–Kier alpha value is -12.9. The van der Waals surface area contributed by atoms with Gasteiger partial charge in [-0.2, -0.15) is 9.97 Å². The summed E-state index contributed by atoms with van der Waals surface area (Å²) in [7, 11) is 0. The molecule has 0 unspecified atom stereocenters. The zero-order valence-corrected chi connectivity index (χ0v) is 63.7. The minimum Gasteiger partial charge on any atom is -0.456 e. The summed E-state index contributed by atoms with van der Waals surface area (Å²) in [6.07, 6.45) is 18.1.